The first-order valence-corrected chi connectivity index (χ1v) is 7.47. The van der Waals surface area contributed by atoms with Gasteiger partial charge in [0.1, 0.15) is 10.6 Å². The van der Waals surface area contributed by atoms with Gasteiger partial charge in [0.15, 0.2) is 0 Å². The van der Waals surface area contributed by atoms with Gasteiger partial charge >= 0.3 is 5.97 Å². The largest absolute Gasteiger partial charge is 0.461 e. The summed E-state index contributed by atoms with van der Waals surface area (Å²) in [4.78, 5) is 14.6. The zero-order valence-corrected chi connectivity index (χ0v) is 12.8. The maximum atomic E-state index is 12.4. The van der Waals surface area contributed by atoms with Crippen LogP contribution in [0.25, 0.3) is 0 Å². The summed E-state index contributed by atoms with van der Waals surface area (Å²) in [7, 11) is -2.34. The number of hydrogen-bond donors (Lipinski definition) is 1. The lowest BCUT2D eigenvalue weighted by Gasteiger charge is -2.14. The number of carbonyl (C=O) groups is 1. The molecule has 0 aromatic carbocycles. The van der Waals surface area contributed by atoms with E-state index in [9.17, 15) is 13.2 Å². The molecule has 0 aliphatic rings. The molecule has 20 heavy (non-hydrogen) atoms. The van der Waals surface area contributed by atoms with Crippen molar-refractivity contribution in [3.8, 4) is 12.3 Å². The molecule has 1 heterocycles. The molecule has 0 aliphatic carbocycles. The summed E-state index contributed by atoms with van der Waals surface area (Å²) in [5.41, 5.74) is 0.872. The van der Waals surface area contributed by atoms with E-state index in [1.54, 1.807) is 20.8 Å². The SMILES string of the molecule is C#CCN(C)S(=O)(=O)c1c(C)[nH]c(C(=O)OCC)c1C. The van der Waals surface area contributed by atoms with Crippen molar-refractivity contribution in [1.82, 2.24) is 9.29 Å². The Morgan fingerprint density at radius 1 is 1.45 bits per heavy atom. The number of hydrogen-bond acceptors (Lipinski definition) is 4. The summed E-state index contributed by atoms with van der Waals surface area (Å²) in [5.74, 6) is 1.70. The standard InChI is InChI=1S/C13H18N2O4S/c1-6-8-15(5)20(17,18)12-9(3)11(14-10(12)4)13(16)19-7-2/h1,14H,7-8H2,2-5H3. The van der Waals surface area contributed by atoms with E-state index in [1.165, 1.54) is 7.05 Å². The van der Waals surface area contributed by atoms with Gasteiger partial charge in [0.2, 0.25) is 10.0 Å². The minimum atomic E-state index is -3.74. The van der Waals surface area contributed by atoms with Crippen molar-refractivity contribution < 1.29 is 17.9 Å². The van der Waals surface area contributed by atoms with Crippen molar-refractivity contribution in [3.63, 3.8) is 0 Å². The number of terminal acetylenes is 1. The van der Waals surface area contributed by atoms with Gasteiger partial charge in [-0.2, -0.15) is 4.31 Å². The lowest BCUT2D eigenvalue weighted by atomic mass is 10.2. The van der Waals surface area contributed by atoms with Gasteiger partial charge in [-0.1, -0.05) is 5.92 Å². The summed E-state index contributed by atoms with van der Waals surface area (Å²) in [6, 6.07) is 0. The fourth-order valence-corrected chi connectivity index (χ4v) is 3.38. The van der Waals surface area contributed by atoms with E-state index in [0.29, 0.717) is 11.3 Å². The van der Waals surface area contributed by atoms with Crippen molar-refractivity contribution in [2.45, 2.75) is 25.7 Å². The molecule has 0 aliphatic heterocycles. The average molecular weight is 298 g/mol. The highest BCUT2D eigenvalue weighted by molar-refractivity contribution is 7.89. The third kappa shape index (κ3) is 2.86. The smallest absolute Gasteiger partial charge is 0.355 e. The van der Waals surface area contributed by atoms with Crippen LogP contribution in [-0.2, 0) is 14.8 Å². The van der Waals surface area contributed by atoms with Gasteiger partial charge in [-0.25, -0.2) is 13.2 Å². The van der Waals surface area contributed by atoms with Gasteiger partial charge in [-0.15, -0.1) is 6.42 Å². The molecule has 0 amide bonds. The summed E-state index contributed by atoms with van der Waals surface area (Å²) in [6.45, 7) is 5.01. The van der Waals surface area contributed by atoms with Crippen LogP contribution in [0.15, 0.2) is 4.90 Å². The number of carbonyl (C=O) groups excluding carboxylic acids is 1. The highest BCUT2D eigenvalue weighted by atomic mass is 32.2. The molecular formula is C13H18N2O4S. The van der Waals surface area contributed by atoms with Gasteiger partial charge < -0.3 is 9.72 Å². The van der Waals surface area contributed by atoms with Gasteiger partial charge in [0.25, 0.3) is 0 Å². The molecule has 0 atom stereocenters. The van der Waals surface area contributed by atoms with E-state index < -0.39 is 16.0 Å². The lowest BCUT2D eigenvalue weighted by Crippen LogP contribution is -2.28. The fourth-order valence-electron chi connectivity index (χ4n) is 1.90. The highest BCUT2D eigenvalue weighted by Gasteiger charge is 2.29. The van der Waals surface area contributed by atoms with Crippen LogP contribution >= 0.6 is 0 Å². The summed E-state index contributed by atoms with van der Waals surface area (Å²) in [6.07, 6.45) is 5.14. The number of rotatable bonds is 5. The topological polar surface area (TPSA) is 79.5 Å². The Morgan fingerprint density at radius 3 is 2.55 bits per heavy atom. The molecule has 0 radical (unpaired) electrons. The second-order valence-corrected chi connectivity index (χ2v) is 6.25. The van der Waals surface area contributed by atoms with E-state index in [2.05, 4.69) is 10.9 Å². The van der Waals surface area contributed by atoms with Gasteiger partial charge in [0.05, 0.1) is 13.2 Å². The van der Waals surface area contributed by atoms with Crippen molar-refractivity contribution in [1.29, 1.82) is 0 Å². The highest BCUT2D eigenvalue weighted by Crippen LogP contribution is 2.26. The van der Waals surface area contributed by atoms with E-state index in [4.69, 9.17) is 11.2 Å². The van der Waals surface area contributed by atoms with Crippen LogP contribution < -0.4 is 0 Å². The molecule has 1 rings (SSSR count). The van der Waals surface area contributed by atoms with Gasteiger partial charge in [0, 0.05) is 18.3 Å². The number of esters is 1. The molecule has 0 fully saturated rings. The summed E-state index contributed by atoms with van der Waals surface area (Å²) >= 11 is 0. The van der Waals surface area contributed by atoms with Crippen molar-refractivity contribution in [2.75, 3.05) is 20.2 Å². The zero-order chi connectivity index (χ0) is 15.5. The lowest BCUT2D eigenvalue weighted by molar-refractivity contribution is 0.0519. The Morgan fingerprint density at radius 2 is 2.05 bits per heavy atom. The van der Waals surface area contributed by atoms with Crippen molar-refractivity contribution >= 4 is 16.0 Å². The van der Waals surface area contributed by atoms with E-state index in [-0.39, 0.29) is 23.7 Å². The minimum Gasteiger partial charge on any atom is -0.461 e. The Hall–Kier alpha value is -1.78. The minimum absolute atomic E-state index is 0.0405. The van der Waals surface area contributed by atoms with Crippen LogP contribution in [0.4, 0.5) is 0 Å². The molecule has 7 heteroatoms. The second kappa shape index (κ2) is 6.11. The first-order valence-electron chi connectivity index (χ1n) is 6.03. The van der Waals surface area contributed by atoms with Gasteiger partial charge in [-0.3, -0.25) is 0 Å². The fraction of sp³-hybridized carbons (Fsp3) is 0.462. The number of aromatic amines is 1. The number of nitrogens with one attached hydrogen (secondary N) is 1. The first-order chi connectivity index (χ1) is 9.27. The van der Waals surface area contributed by atoms with E-state index >= 15 is 0 Å². The number of aromatic nitrogens is 1. The predicted molar refractivity (Wildman–Crippen MR) is 74.9 cm³/mol. The molecule has 0 bridgehead atoms. The van der Waals surface area contributed by atoms with E-state index in [0.717, 1.165) is 4.31 Å². The monoisotopic (exact) mass is 298 g/mol. The van der Waals surface area contributed by atoms with Crippen molar-refractivity contribution in [2.24, 2.45) is 0 Å². The van der Waals surface area contributed by atoms with Crippen LogP contribution in [0.1, 0.15) is 28.7 Å². The van der Waals surface area contributed by atoms with Crippen LogP contribution in [0.2, 0.25) is 0 Å². The molecule has 0 saturated carbocycles. The normalized spacial score (nSPS) is 11.4. The Labute approximate surface area is 119 Å². The Bertz CT molecular complexity index is 653. The Kier molecular flexibility index (Phi) is 4.98. The molecule has 1 N–H and O–H groups in total. The number of sulfonamides is 1. The van der Waals surface area contributed by atoms with E-state index in [1.807, 2.05) is 0 Å². The molecule has 6 nitrogen and oxygen atoms in total. The molecule has 110 valence electrons. The quantitative estimate of drug-likeness (QED) is 0.651. The van der Waals surface area contributed by atoms with Crippen LogP contribution in [0, 0.1) is 26.2 Å². The third-order valence-electron chi connectivity index (χ3n) is 2.83. The maximum Gasteiger partial charge on any atom is 0.355 e. The first kappa shape index (κ1) is 16.3. The number of aryl methyl sites for hydroxylation is 1. The third-order valence-corrected chi connectivity index (χ3v) is 4.91. The van der Waals surface area contributed by atoms with Crippen molar-refractivity contribution in [3.05, 3.63) is 17.0 Å². The molecule has 1 aromatic heterocycles. The summed E-state index contributed by atoms with van der Waals surface area (Å²) in [5, 5.41) is 0. The molecule has 0 unspecified atom stereocenters. The number of H-pyrrole nitrogens is 1. The summed E-state index contributed by atoms with van der Waals surface area (Å²) < 4.78 is 30.8. The second-order valence-electron chi connectivity index (χ2n) is 4.26. The maximum absolute atomic E-state index is 12.4. The van der Waals surface area contributed by atoms with Crippen LogP contribution in [-0.4, -0.2) is 43.9 Å². The van der Waals surface area contributed by atoms with Gasteiger partial charge in [-0.05, 0) is 20.8 Å². The molecule has 0 saturated heterocycles. The van der Waals surface area contributed by atoms with Crippen LogP contribution in [0.3, 0.4) is 0 Å². The molecular weight excluding hydrogens is 280 g/mol. The molecule has 1 aromatic rings. The average Bonchev–Trinajstić information content (AvgIpc) is 2.65. The Balaban J connectivity index is 3.35. The number of ether oxygens (including phenoxy) is 1. The predicted octanol–water partition coefficient (Wildman–Crippen LogP) is 1.06. The van der Waals surface area contributed by atoms with Crippen LogP contribution in [0.5, 0.6) is 0 Å². The zero-order valence-electron chi connectivity index (χ0n) is 12.0. The molecule has 0 spiro atoms. The number of nitrogens with zero attached hydrogens (tertiary/aromatic N) is 1.